The van der Waals surface area contributed by atoms with Gasteiger partial charge in [-0.1, -0.05) is 6.92 Å². The fourth-order valence-electron chi connectivity index (χ4n) is 2.25. The molecule has 1 unspecified atom stereocenters. The maximum absolute atomic E-state index is 10.9. The van der Waals surface area contributed by atoms with Gasteiger partial charge in [0.15, 0.2) is 0 Å². The number of hydrogen-bond acceptors (Lipinski definition) is 3. The number of hydrogen-bond donors (Lipinski definition) is 1. The van der Waals surface area contributed by atoms with Gasteiger partial charge in [0.25, 0.3) is 0 Å². The van der Waals surface area contributed by atoms with E-state index in [-0.39, 0.29) is 5.91 Å². The smallest absolute Gasteiger partial charge is 0.221 e. The highest BCUT2D eigenvalue weighted by atomic mass is 16.1. The summed E-state index contributed by atoms with van der Waals surface area (Å²) in [5.41, 5.74) is 0.756. The summed E-state index contributed by atoms with van der Waals surface area (Å²) in [5.74, 6) is 1.68. The predicted octanol–water partition coefficient (Wildman–Crippen LogP) is 2.28. The minimum absolute atomic E-state index is 0.0638. The normalized spacial score (nSPS) is 20.1. The topological polar surface area (TPSA) is 45.2 Å². The highest BCUT2D eigenvalue weighted by Gasteiger charge is 2.17. The van der Waals surface area contributed by atoms with Crippen LogP contribution in [0, 0.1) is 5.92 Å². The van der Waals surface area contributed by atoms with Crippen molar-refractivity contribution in [1.82, 2.24) is 4.98 Å². The maximum atomic E-state index is 10.9. The number of carbonyl (C=O) groups excluding carboxylic acids is 1. The van der Waals surface area contributed by atoms with Crippen molar-refractivity contribution in [2.75, 3.05) is 23.3 Å². The van der Waals surface area contributed by atoms with E-state index in [1.807, 2.05) is 12.1 Å². The van der Waals surface area contributed by atoms with Crippen molar-refractivity contribution in [2.45, 2.75) is 26.7 Å². The number of carbonyl (C=O) groups is 1. The number of amides is 1. The summed E-state index contributed by atoms with van der Waals surface area (Å²) in [4.78, 5) is 17.6. The Labute approximate surface area is 102 Å². The van der Waals surface area contributed by atoms with E-state index in [9.17, 15) is 4.79 Å². The molecule has 17 heavy (non-hydrogen) atoms. The van der Waals surface area contributed by atoms with Crippen LogP contribution < -0.4 is 10.2 Å². The van der Waals surface area contributed by atoms with Gasteiger partial charge in [-0.3, -0.25) is 4.79 Å². The van der Waals surface area contributed by atoms with E-state index >= 15 is 0 Å². The first-order valence-corrected chi connectivity index (χ1v) is 6.14. The molecule has 0 radical (unpaired) electrons. The number of anilines is 2. The third-order valence-corrected chi connectivity index (χ3v) is 3.05. The Kier molecular flexibility index (Phi) is 3.61. The zero-order valence-corrected chi connectivity index (χ0v) is 10.4. The lowest BCUT2D eigenvalue weighted by Crippen LogP contribution is -2.34. The Morgan fingerprint density at radius 2 is 2.35 bits per heavy atom. The maximum Gasteiger partial charge on any atom is 0.221 e. The molecule has 1 aromatic heterocycles. The van der Waals surface area contributed by atoms with Crippen LogP contribution in [0.3, 0.4) is 0 Å². The number of piperidine rings is 1. The van der Waals surface area contributed by atoms with Gasteiger partial charge in [-0.15, -0.1) is 0 Å². The number of rotatable bonds is 2. The van der Waals surface area contributed by atoms with E-state index < -0.39 is 0 Å². The lowest BCUT2D eigenvalue weighted by molar-refractivity contribution is -0.114. The van der Waals surface area contributed by atoms with Gasteiger partial charge < -0.3 is 10.2 Å². The van der Waals surface area contributed by atoms with Crippen molar-refractivity contribution in [1.29, 1.82) is 0 Å². The van der Waals surface area contributed by atoms with Crippen LogP contribution in [-0.2, 0) is 4.79 Å². The van der Waals surface area contributed by atoms with Gasteiger partial charge in [-0.05, 0) is 30.9 Å². The van der Waals surface area contributed by atoms with Crippen LogP contribution in [0.5, 0.6) is 0 Å². The average Bonchev–Trinajstić information content (AvgIpc) is 2.29. The summed E-state index contributed by atoms with van der Waals surface area (Å²) in [6.45, 7) is 5.93. The molecule has 1 N–H and O–H groups in total. The second kappa shape index (κ2) is 5.17. The van der Waals surface area contributed by atoms with Gasteiger partial charge in [-0.2, -0.15) is 0 Å². The molecule has 1 fully saturated rings. The van der Waals surface area contributed by atoms with Crippen LogP contribution in [0.15, 0.2) is 18.3 Å². The van der Waals surface area contributed by atoms with Crippen molar-refractivity contribution >= 4 is 17.4 Å². The Morgan fingerprint density at radius 1 is 1.53 bits per heavy atom. The molecule has 4 nitrogen and oxygen atoms in total. The van der Waals surface area contributed by atoms with Crippen LogP contribution in [0.25, 0.3) is 0 Å². The van der Waals surface area contributed by atoms with Gasteiger partial charge in [-0.25, -0.2) is 4.98 Å². The largest absolute Gasteiger partial charge is 0.356 e. The van der Waals surface area contributed by atoms with Gasteiger partial charge in [0, 0.05) is 20.0 Å². The van der Waals surface area contributed by atoms with E-state index in [1.54, 1.807) is 6.20 Å². The Hall–Kier alpha value is -1.58. The summed E-state index contributed by atoms with van der Waals surface area (Å²) >= 11 is 0. The zero-order chi connectivity index (χ0) is 12.3. The quantitative estimate of drug-likeness (QED) is 0.852. The van der Waals surface area contributed by atoms with Gasteiger partial charge in [0.2, 0.25) is 5.91 Å². The minimum Gasteiger partial charge on any atom is -0.356 e. The van der Waals surface area contributed by atoms with Crippen LogP contribution in [0.4, 0.5) is 11.5 Å². The molecule has 0 aliphatic carbocycles. The first kappa shape index (κ1) is 11.9. The van der Waals surface area contributed by atoms with Gasteiger partial charge in [0.05, 0.1) is 11.9 Å². The zero-order valence-electron chi connectivity index (χ0n) is 10.4. The molecule has 1 aliphatic heterocycles. The fraction of sp³-hybridized carbons (Fsp3) is 0.538. The molecule has 0 spiro atoms. The Morgan fingerprint density at radius 3 is 2.94 bits per heavy atom. The van der Waals surface area contributed by atoms with Crippen molar-refractivity contribution in [2.24, 2.45) is 5.92 Å². The van der Waals surface area contributed by atoms with Crippen LogP contribution in [0.1, 0.15) is 26.7 Å². The molecule has 1 atom stereocenters. The highest BCUT2D eigenvalue weighted by Crippen LogP contribution is 2.21. The molecule has 1 aromatic rings. The number of nitrogens with one attached hydrogen (secondary N) is 1. The molecule has 0 bridgehead atoms. The fourth-order valence-corrected chi connectivity index (χ4v) is 2.25. The van der Waals surface area contributed by atoms with Gasteiger partial charge in [0.1, 0.15) is 5.82 Å². The molecule has 1 amide bonds. The van der Waals surface area contributed by atoms with Crippen molar-refractivity contribution in [3.8, 4) is 0 Å². The average molecular weight is 233 g/mol. The minimum atomic E-state index is -0.0638. The van der Waals surface area contributed by atoms with Crippen molar-refractivity contribution < 1.29 is 4.79 Å². The first-order chi connectivity index (χ1) is 8.15. The Balaban J connectivity index is 2.04. The summed E-state index contributed by atoms with van der Waals surface area (Å²) in [6, 6.07) is 3.88. The molecule has 2 rings (SSSR count). The van der Waals surface area contributed by atoms with Crippen LogP contribution in [-0.4, -0.2) is 24.0 Å². The van der Waals surface area contributed by atoms with E-state index in [0.29, 0.717) is 0 Å². The summed E-state index contributed by atoms with van der Waals surface area (Å²) in [6.07, 6.45) is 4.26. The number of nitrogens with zero attached hydrogens (tertiary/aromatic N) is 2. The Bertz CT molecular complexity index is 388. The predicted molar refractivity (Wildman–Crippen MR) is 69.2 cm³/mol. The molecule has 2 heterocycles. The molecule has 1 aliphatic rings. The molecular formula is C13H19N3O. The van der Waals surface area contributed by atoms with E-state index in [2.05, 4.69) is 22.1 Å². The van der Waals surface area contributed by atoms with Crippen molar-refractivity contribution in [3.05, 3.63) is 18.3 Å². The monoisotopic (exact) mass is 233 g/mol. The lowest BCUT2D eigenvalue weighted by atomic mass is 10.0. The van der Waals surface area contributed by atoms with E-state index in [4.69, 9.17) is 0 Å². The van der Waals surface area contributed by atoms with Crippen LogP contribution >= 0.6 is 0 Å². The summed E-state index contributed by atoms with van der Waals surface area (Å²) in [7, 11) is 0. The second-order valence-corrected chi connectivity index (χ2v) is 4.78. The standard InChI is InChI=1S/C13H19N3O/c1-10-4-3-7-16(9-10)13-6-5-12(8-14-13)15-11(2)17/h5-6,8,10H,3-4,7,9H2,1-2H3,(H,15,17). The number of aromatic nitrogens is 1. The molecule has 0 aromatic carbocycles. The summed E-state index contributed by atoms with van der Waals surface area (Å²) < 4.78 is 0. The van der Waals surface area contributed by atoms with Crippen LogP contribution in [0.2, 0.25) is 0 Å². The number of pyridine rings is 1. The second-order valence-electron chi connectivity index (χ2n) is 4.78. The summed E-state index contributed by atoms with van der Waals surface area (Å²) in [5, 5.41) is 2.72. The molecule has 4 heteroatoms. The first-order valence-electron chi connectivity index (χ1n) is 6.14. The lowest BCUT2D eigenvalue weighted by Gasteiger charge is -2.31. The molecule has 92 valence electrons. The molecule has 0 saturated carbocycles. The molecule has 1 saturated heterocycles. The highest BCUT2D eigenvalue weighted by molar-refractivity contribution is 5.88. The third kappa shape index (κ3) is 3.19. The van der Waals surface area contributed by atoms with Gasteiger partial charge >= 0.3 is 0 Å². The molecular weight excluding hydrogens is 214 g/mol. The SMILES string of the molecule is CC(=O)Nc1ccc(N2CCCC(C)C2)nc1. The third-order valence-electron chi connectivity index (χ3n) is 3.05. The van der Waals surface area contributed by atoms with E-state index in [0.717, 1.165) is 30.5 Å². The van der Waals surface area contributed by atoms with Crippen molar-refractivity contribution in [3.63, 3.8) is 0 Å². The van der Waals surface area contributed by atoms with E-state index in [1.165, 1.54) is 19.8 Å².